The van der Waals surface area contributed by atoms with Crippen LogP contribution in [-0.2, 0) is 16.3 Å². The molecule has 0 radical (unpaired) electrons. The van der Waals surface area contributed by atoms with E-state index in [0.717, 1.165) is 6.07 Å². The average Bonchev–Trinajstić information content (AvgIpc) is 2.67. The van der Waals surface area contributed by atoms with Gasteiger partial charge >= 0.3 is 5.51 Å². The summed E-state index contributed by atoms with van der Waals surface area (Å²) in [5.74, 6) is -3.50. The molecule has 1 aromatic carbocycles. The van der Waals surface area contributed by atoms with Crippen LogP contribution in [0.4, 0.5) is 22.0 Å². The van der Waals surface area contributed by atoms with Crippen molar-refractivity contribution in [2.24, 2.45) is 5.92 Å². The number of rotatable bonds is 3. The summed E-state index contributed by atoms with van der Waals surface area (Å²) in [5, 5.41) is 9.75. The molecule has 3 rings (SSSR count). The quantitative estimate of drug-likeness (QED) is 0.809. The minimum Gasteiger partial charge on any atom is -0.490 e. The number of hydrogen-bond acceptors (Lipinski definition) is 4. The Kier molecular flexibility index (Phi) is 4.07. The van der Waals surface area contributed by atoms with Gasteiger partial charge in [-0.25, -0.2) is 17.2 Å². The minimum atomic E-state index is -5.88. The highest BCUT2D eigenvalue weighted by Crippen LogP contribution is 2.51. The highest BCUT2D eigenvalue weighted by molar-refractivity contribution is 7.92. The van der Waals surface area contributed by atoms with Gasteiger partial charge in [-0.2, -0.15) is 13.2 Å². The van der Waals surface area contributed by atoms with Crippen LogP contribution in [-0.4, -0.2) is 31.1 Å². The van der Waals surface area contributed by atoms with Gasteiger partial charge in [0.15, 0.2) is 0 Å². The lowest BCUT2D eigenvalue weighted by Gasteiger charge is -2.33. The molecule has 4 nitrogen and oxygen atoms in total. The monoisotopic (exact) mass is 386 g/mol. The summed E-state index contributed by atoms with van der Waals surface area (Å²) in [6, 6.07) is 1.53. The van der Waals surface area contributed by atoms with Crippen LogP contribution in [0.1, 0.15) is 37.0 Å². The molecule has 140 valence electrons. The molecule has 2 aliphatic carbocycles. The number of fused-ring (bicyclic) bond motifs is 1. The van der Waals surface area contributed by atoms with Gasteiger partial charge in [0.25, 0.3) is 15.8 Å². The van der Waals surface area contributed by atoms with Crippen LogP contribution in [0.3, 0.4) is 0 Å². The van der Waals surface area contributed by atoms with Crippen molar-refractivity contribution in [3.63, 3.8) is 0 Å². The molecule has 0 bridgehead atoms. The van der Waals surface area contributed by atoms with E-state index in [-0.39, 0.29) is 17.4 Å². The van der Waals surface area contributed by atoms with E-state index in [9.17, 15) is 35.5 Å². The molecule has 1 aromatic rings. The van der Waals surface area contributed by atoms with Crippen molar-refractivity contribution < 1.29 is 40.2 Å². The molecule has 1 N–H and O–H groups in total. The van der Waals surface area contributed by atoms with Crippen LogP contribution in [0, 0.1) is 5.92 Å². The Morgan fingerprint density at radius 1 is 1.24 bits per heavy atom. The first-order valence-electron chi connectivity index (χ1n) is 7.54. The second kappa shape index (κ2) is 5.54. The van der Waals surface area contributed by atoms with Crippen molar-refractivity contribution in [2.45, 2.75) is 54.7 Å². The third-order valence-electron chi connectivity index (χ3n) is 4.58. The first-order chi connectivity index (χ1) is 11.3. The maximum absolute atomic E-state index is 13.9. The predicted octanol–water partition coefficient (Wildman–Crippen LogP) is 3.38. The van der Waals surface area contributed by atoms with Gasteiger partial charge in [0.05, 0.1) is 11.0 Å². The van der Waals surface area contributed by atoms with Crippen LogP contribution < -0.4 is 4.74 Å². The first kappa shape index (κ1) is 18.4. The molecule has 1 unspecified atom stereocenters. The Morgan fingerprint density at radius 3 is 2.36 bits per heavy atom. The summed E-state index contributed by atoms with van der Waals surface area (Å²) in [5.41, 5.74) is -6.97. The molecule has 1 saturated carbocycles. The van der Waals surface area contributed by atoms with E-state index >= 15 is 0 Å². The summed E-state index contributed by atoms with van der Waals surface area (Å²) >= 11 is 0. The maximum Gasteiger partial charge on any atom is 0.501 e. The Morgan fingerprint density at radius 2 is 1.84 bits per heavy atom. The van der Waals surface area contributed by atoms with Gasteiger partial charge in [-0.3, -0.25) is 0 Å². The van der Waals surface area contributed by atoms with Crippen LogP contribution >= 0.6 is 0 Å². The summed E-state index contributed by atoms with van der Waals surface area (Å²) < 4.78 is 95.2. The topological polar surface area (TPSA) is 63.6 Å². The molecule has 1 fully saturated rings. The Balaban J connectivity index is 2.11. The predicted molar refractivity (Wildman–Crippen MR) is 76.1 cm³/mol. The van der Waals surface area contributed by atoms with Gasteiger partial charge < -0.3 is 9.84 Å². The van der Waals surface area contributed by atoms with Crippen molar-refractivity contribution in [3.05, 3.63) is 23.3 Å². The number of sulfone groups is 1. The zero-order valence-electron chi connectivity index (χ0n) is 13.0. The lowest BCUT2D eigenvalue weighted by molar-refractivity contribution is -0.0979. The molecular weight excluding hydrogens is 371 g/mol. The van der Waals surface area contributed by atoms with E-state index in [1.807, 2.05) is 6.92 Å². The van der Waals surface area contributed by atoms with E-state index in [1.165, 1.54) is 0 Å². The second-order valence-corrected chi connectivity index (χ2v) is 8.47. The fourth-order valence-corrected chi connectivity index (χ4v) is 4.24. The Bertz CT molecular complexity index is 797. The fourth-order valence-electron chi connectivity index (χ4n) is 3.22. The number of aliphatic hydroxyl groups is 1. The first-order valence-corrected chi connectivity index (χ1v) is 9.02. The van der Waals surface area contributed by atoms with Gasteiger partial charge in [-0.1, -0.05) is 6.92 Å². The van der Waals surface area contributed by atoms with E-state index < -0.39 is 44.3 Å². The van der Waals surface area contributed by atoms with Gasteiger partial charge in [0.2, 0.25) is 0 Å². The van der Waals surface area contributed by atoms with Crippen molar-refractivity contribution in [1.29, 1.82) is 0 Å². The van der Waals surface area contributed by atoms with E-state index in [0.29, 0.717) is 24.8 Å². The number of benzene rings is 1. The van der Waals surface area contributed by atoms with Gasteiger partial charge in [-0.15, -0.1) is 0 Å². The molecule has 10 heteroatoms. The number of ether oxygens (including phenoxy) is 1. The lowest BCUT2D eigenvalue weighted by atomic mass is 9.84. The molecule has 0 saturated heterocycles. The molecule has 0 aromatic heterocycles. The third kappa shape index (κ3) is 2.88. The van der Waals surface area contributed by atoms with Crippen LogP contribution in [0.25, 0.3) is 0 Å². The Labute approximate surface area is 140 Å². The molecule has 0 aliphatic heterocycles. The fraction of sp³-hybridized carbons (Fsp3) is 0.600. The highest BCUT2D eigenvalue weighted by atomic mass is 32.2. The van der Waals surface area contributed by atoms with Gasteiger partial charge in [0.1, 0.15) is 11.9 Å². The van der Waals surface area contributed by atoms with Crippen molar-refractivity contribution in [1.82, 2.24) is 0 Å². The highest BCUT2D eigenvalue weighted by Gasteiger charge is 2.55. The second-order valence-electron chi connectivity index (χ2n) is 6.56. The van der Waals surface area contributed by atoms with Crippen LogP contribution in [0.15, 0.2) is 17.0 Å². The summed E-state index contributed by atoms with van der Waals surface area (Å²) in [6.45, 7) is 1.96. The molecule has 1 atom stereocenters. The molecular formula is C15H15F5O4S. The van der Waals surface area contributed by atoms with Gasteiger partial charge in [0, 0.05) is 17.5 Å². The number of halogens is 5. The zero-order chi connectivity index (χ0) is 18.8. The third-order valence-corrected chi connectivity index (χ3v) is 6.12. The van der Waals surface area contributed by atoms with Crippen LogP contribution in [0.2, 0.25) is 0 Å². The Hall–Kier alpha value is -1.42. The number of alkyl halides is 5. The molecule has 25 heavy (non-hydrogen) atoms. The molecule has 0 amide bonds. The summed E-state index contributed by atoms with van der Waals surface area (Å²) in [4.78, 5) is -1.35. The lowest BCUT2D eigenvalue weighted by Crippen LogP contribution is -2.32. The standard InChI is InChI=1S/C15H15F5O4S/c1-7-4-8(5-7)24-10-2-3-11(25(22,23)15(18,19)20)12-9(10)6-14(16,17)13(12)21/h2-3,7-8,13,21H,4-6H2,1H3. The van der Waals surface area contributed by atoms with E-state index in [4.69, 9.17) is 4.74 Å². The number of aliphatic hydroxyl groups excluding tert-OH is 1. The minimum absolute atomic E-state index is 0.107. The normalized spacial score (nSPS) is 28.4. The van der Waals surface area contributed by atoms with Crippen LogP contribution in [0.5, 0.6) is 5.75 Å². The average molecular weight is 386 g/mol. The smallest absolute Gasteiger partial charge is 0.490 e. The van der Waals surface area contributed by atoms with Crippen molar-refractivity contribution in [2.75, 3.05) is 0 Å². The largest absolute Gasteiger partial charge is 0.501 e. The van der Waals surface area contributed by atoms with E-state index in [1.54, 1.807) is 0 Å². The van der Waals surface area contributed by atoms with Crippen molar-refractivity contribution >= 4 is 9.84 Å². The zero-order valence-corrected chi connectivity index (χ0v) is 13.8. The summed E-state index contributed by atoms with van der Waals surface area (Å²) in [6.07, 6.45) is -2.66. The molecule has 0 spiro atoms. The maximum atomic E-state index is 13.9. The van der Waals surface area contributed by atoms with Gasteiger partial charge in [-0.05, 0) is 30.9 Å². The van der Waals surface area contributed by atoms with E-state index in [2.05, 4.69) is 0 Å². The molecule has 0 heterocycles. The summed E-state index contributed by atoms with van der Waals surface area (Å²) in [7, 11) is -5.88. The number of hydrogen-bond donors (Lipinski definition) is 1. The molecule has 2 aliphatic rings. The SMILES string of the molecule is CC1CC(Oc2ccc(S(=O)(=O)C(F)(F)F)c3c2CC(F)(F)C3O)C1. The van der Waals surface area contributed by atoms with Crippen molar-refractivity contribution in [3.8, 4) is 5.75 Å².